The highest BCUT2D eigenvalue weighted by Gasteiger charge is 2.13. The van der Waals surface area contributed by atoms with Gasteiger partial charge >= 0.3 is 7.12 Å². The Morgan fingerprint density at radius 2 is 1.62 bits per heavy atom. The van der Waals surface area contributed by atoms with Gasteiger partial charge in [-0.1, -0.05) is 36.4 Å². The summed E-state index contributed by atoms with van der Waals surface area (Å²) < 4.78 is 13.0. The van der Waals surface area contributed by atoms with E-state index in [9.17, 15) is 9.18 Å². The Kier molecular flexibility index (Phi) is 4.90. The van der Waals surface area contributed by atoms with Crippen LogP contribution >= 0.6 is 11.3 Å². The van der Waals surface area contributed by atoms with Gasteiger partial charge in [0.2, 0.25) is 0 Å². The molecule has 1 aromatic heterocycles. The number of thiophene rings is 1. The molecule has 0 amide bonds. The molecule has 0 fully saturated rings. The minimum atomic E-state index is -1.51. The van der Waals surface area contributed by atoms with E-state index in [-0.39, 0.29) is 18.0 Å². The monoisotopic (exact) mass is 340 g/mol. The molecule has 0 saturated heterocycles. The molecule has 2 aromatic carbocycles. The number of rotatable bonds is 5. The zero-order valence-corrected chi connectivity index (χ0v) is 13.5. The average Bonchev–Trinajstić information content (AvgIpc) is 3.06. The molecule has 3 rings (SSSR count). The topological polar surface area (TPSA) is 57.5 Å². The quantitative estimate of drug-likeness (QED) is 0.555. The zero-order chi connectivity index (χ0) is 17.1. The number of halogens is 1. The van der Waals surface area contributed by atoms with Crippen LogP contribution in [-0.4, -0.2) is 22.9 Å². The number of carbonyl (C=O) groups excluding carboxylic acids is 1. The molecule has 0 aliphatic heterocycles. The van der Waals surface area contributed by atoms with Crippen molar-refractivity contribution in [1.29, 1.82) is 0 Å². The second-order valence-corrected chi connectivity index (χ2v) is 6.47. The first-order valence-electron chi connectivity index (χ1n) is 7.37. The van der Waals surface area contributed by atoms with Crippen LogP contribution in [0, 0.1) is 5.82 Å². The fraction of sp³-hybridized carbons (Fsp3) is 0.0556. The predicted molar refractivity (Wildman–Crippen MR) is 94.0 cm³/mol. The van der Waals surface area contributed by atoms with Gasteiger partial charge in [-0.25, -0.2) is 4.39 Å². The summed E-state index contributed by atoms with van der Waals surface area (Å²) in [6, 6.07) is 16.4. The highest BCUT2D eigenvalue weighted by Crippen LogP contribution is 2.29. The number of benzene rings is 2. The molecule has 1 heterocycles. The van der Waals surface area contributed by atoms with Crippen molar-refractivity contribution in [2.45, 2.75) is 6.42 Å². The number of Topliss-reactive ketones (excluding diaryl/α,β-unsaturated/α-hetero) is 1. The van der Waals surface area contributed by atoms with Crippen LogP contribution in [0.4, 0.5) is 4.39 Å². The summed E-state index contributed by atoms with van der Waals surface area (Å²) in [5.74, 6) is -0.297. The van der Waals surface area contributed by atoms with Crippen molar-refractivity contribution in [3.05, 3.63) is 76.9 Å². The minimum Gasteiger partial charge on any atom is -0.423 e. The first kappa shape index (κ1) is 16.6. The summed E-state index contributed by atoms with van der Waals surface area (Å²) in [5, 5.41) is 18.1. The third-order valence-electron chi connectivity index (χ3n) is 3.65. The Morgan fingerprint density at radius 1 is 0.958 bits per heavy atom. The van der Waals surface area contributed by atoms with Gasteiger partial charge < -0.3 is 10.0 Å². The van der Waals surface area contributed by atoms with Gasteiger partial charge in [0.25, 0.3) is 0 Å². The van der Waals surface area contributed by atoms with Crippen molar-refractivity contribution in [2.75, 3.05) is 0 Å². The van der Waals surface area contributed by atoms with Crippen LogP contribution in [-0.2, 0) is 6.42 Å². The molecular weight excluding hydrogens is 326 g/mol. The Morgan fingerprint density at radius 3 is 2.25 bits per heavy atom. The molecule has 120 valence electrons. The average molecular weight is 340 g/mol. The summed E-state index contributed by atoms with van der Waals surface area (Å²) in [5.41, 5.74) is 2.07. The third kappa shape index (κ3) is 3.79. The van der Waals surface area contributed by atoms with Crippen LogP contribution in [0.25, 0.3) is 10.4 Å². The van der Waals surface area contributed by atoms with E-state index in [4.69, 9.17) is 10.0 Å². The first-order chi connectivity index (χ1) is 11.5. The van der Waals surface area contributed by atoms with E-state index in [1.165, 1.54) is 23.5 Å². The van der Waals surface area contributed by atoms with Gasteiger partial charge in [0, 0.05) is 11.3 Å². The molecule has 0 spiro atoms. The Balaban J connectivity index is 1.72. The van der Waals surface area contributed by atoms with Crippen molar-refractivity contribution in [2.24, 2.45) is 0 Å². The lowest BCUT2D eigenvalue weighted by molar-refractivity contribution is 0.0997. The van der Waals surface area contributed by atoms with Gasteiger partial charge in [-0.2, -0.15) is 0 Å². The van der Waals surface area contributed by atoms with Gasteiger partial charge in [0.05, 0.1) is 4.88 Å². The maximum Gasteiger partial charge on any atom is 0.488 e. The van der Waals surface area contributed by atoms with Gasteiger partial charge in [0.1, 0.15) is 5.82 Å². The molecule has 3 nitrogen and oxygen atoms in total. The Labute approximate surface area is 143 Å². The van der Waals surface area contributed by atoms with Crippen LogP contribution < -0.4 is 5.46 Å². The molecule has 3 aromatic rings. The summed E-state index contributed by atoms with van der Waals surface area (Å²) in [7, 11) is -1.51. The lowest BCUT2D eigenvalue weighted by atomic mass is 9.80. The molecule has 24 heavy (non-hydrogen) atoms. The largest absolute Gasteiger partial charge is 0.488 e. The molecule has 0 atom stereocenters. The molecule has 0 unspecified atom stereocenters. The highest BCUT2D eigenvalue weighted by molar-refractivity contribution is 7.17. The van der Waals surface area contributed by atoms with E-state index in [1.807, 2.05) is 6.07 Å². The molecule has 2 N–H and O–H groups in total. The van der Waals surface area contributed by atoms with Crippen molar-refractivity contribution >= 4 is 29.7 Å². The SMILES string of the molecule is O=C(Cc1ccc(B(O)O)cc1)c1ccc(-c2ccc(F)cc2)s1. The van der Waals surface area contributed by atoms with Crippen LogP contribution in [0.2, 0.25) is 0 Å². The number of ketones is 1. The first-order valence-corrected chi connectivity index (χ1v) is 8.18. The fourth-order valence-electron chi connectivity index (χ4n) is 2.34. The highest BCUT2D eigenvalue weighted by atomic mass is 32.1. The van der Waals surface area contributed by atoms with Gasteiger partial charge in [-0.05, 0) is 40.9 Å². The fourth-order valence-corrected chi connectivity index (χ4v) is 3.29. The molecule has 0 bridgehead atoms. The number of hydrogen-bond donors (Lipinski definition) is 2. The van der Waals surface area contributed by atoms with Crippen LogP contribution in [0.3, 0.4) is 0 Å². The molecule has 6 heteroatoms. The standard InChI is InChI=1S/C18H14BFO3S/c20-15-7-3-13(4-8-15)17-9-10-18(24-17)16(21)11-12-1-5-14(6-2-12)19(22)23/h1-10,22-23H,11H2. The van der Waals surface area contributed by atoms with Crippen molar-refractivity contribution in [3.8, 4) is 10.4 Å². The van der Waals surface area contributed by atoms with Gasteiger partial charge in [-0.3, -0.25) is 4.79 Å². The Hall–Kier alpha value is -2.28. The van der Waals surface area contributed by atoms with Crippen LogP contribution in [0.15, 0.2) is 60.7 Å². The summed E-state index contributed by atoms with van der Waals surface area (Å²) in [6.45, 7) is 0. The smallest absolute Gasteiger partial charge is 0.423 e. The molecule has 0 aliphatic rings. The predicted octanol–water partition coefficient (Wildman–Crippen LogP) is 2.66. The van der Waals surface area contributed by atoms with Crippen LogP contribution in [0.5, 0.6) is 0 Å². The van der Waals surface area contributed by atoms with Crippen molar-refractivity contribution < 1.29 is 19.2 Å². The second kappa shape index (κ2) is 7.09. The van der Waals surface area contributed by atoms with Gasteiger partial charge in [0.15, 0.2) is 5.78 Å². The van der Waals surface area contributed by atoms with Crippen LogP contribution in [0.1, 0.15) is 15.2 Å². The normalized spacial score (nSPS) is 10.6. The minimum absolute atomic E-state index is 0.00865. The van der Waals surface area contributed by atoms with E-state index < -0.39 is 7.12 Å². The number of carbonyl (C=O) groups is 1. The maximum absolute atomic E-state index is 13.0. The van der Waals surface area contributed by atoms with E-state index >= 15 is 0 Å². The van der Waals surface area contributed by atoms with Gasteiger partial charge in [-0.15, -0.1) is 11.3 Å². The van der Waals surface area contributed by atoms with E-state index in [2.05, 4.69) is 0 Å². The van der Waals surface area contributed by atoms with E-state index in [0.717, 1.165) is 16.0 Å². The van der Waals surface area contributed by atoms with E-state index in [1.54, 1.807) is 42.5 Å². The maximum atomic E-state index is 13.0. The lowest BCUT2D eigenvalue weighted by Gasteiger charge is -2.02. The summed E-state index contributed by atoms with van der Waals surface area (Å²) >= 11 is 1.38. The third-order valence-corrected chi connectivity index (χ3v) is 4.83. The number of hydrogen-bond acceptors (Lipinski definition) is 4. The van der Waals surface area contributed by atoms with Crippen molar-refractivity contribution in [1.82, 2.24) is 0 Å². The van der Waals surface area contributed by atoms with E-state index in [0.29, 0.717) is 10.3 Å². The summed E-state index contributed by atoms with van der Waals surface area (Å²) in [4.78, 5) is 13.9. The molecule has 0 aliphatic carbocycles. The molecule has 0 saturated carbocycles. The lowest BCUT2D eigenvalue weighted by Crippen LogP contribution is -2.29. The molecular formula is C18H14BFO3S. The summed E-state index contributed by atoms with van der Waals surface area (Å²) in [6.07, 6.45) is 0.241. The molecule has 0 radical (unpaired) electrons. The zero-order valence-electron chi connectivity index (χ0n) is 12.6. The Bertz CT molecular complexity index is 841. The van der Waals surface area contributed by atoms with Crippen molar-refractivity contribution in [3.63, 3.8) is 0 Å². The second-order valence-electron chi connectivity index (χ2n) is 5.39.